The number of methoxy groups -OCH3 is 1. The molecule has 0 aliphatic rings. The van der Waals surface area contributed by atoms with Crippen LogP contribution in [0.3, 0.4) is 0 Å². The fourth-order valence-electron chi connectivity index (χ4n) is 1.80. The van der Waals surface area contributed by atoms with Gasteiger partial charge < -0.3 is 4.74 Å². The SMILES string of the molecule is CCC(=O)Cc1cc(C)cc(C)c1OC. The normalized spacial score (nSPS) is 10.1. The summed E-state index contributed by atoms with van der Waals surface area (Å²) < 4.78 is 5.32. The first-order valence-corrected chi connectivity index (χ1v) is 5.24. The first-order chi connectivity index (χ1) is 7.08. The molecule has 1 rings (SSSR count). The number of benzene rings is 1. The average Bonchev–Trinajstić information content (AvgIpc) is 2.17. The van der Waals surface area contributed by atoms with Crippen LogP contribution in [0.25, 0.3) is 0 Å². The molecular weight excluding hydrogens is 188 g/mol. The highest BCUT2D eigenvalue weighted by Crippen LogP contribution is 2.25. The average molecular weight is 206 g/mol. The molecule has 0 unspecified atom stereocenters. The Hall–Kier alpha value is -1.31. The highest BCUT2D eigenvalue weighted by molar-refractivity contribution is 5.81. The van der Waals surface area contributed by atoms with Crippen molar-refractivity contribution in [3.05, 3.63) is 28.8 Å². The molecular formula is C13H18O2. The molecule has 1 aromatic carbocycles. The predicted molar refractivity (Wildman–Crippen MR) is 61.5 cm³/mol. The third kappa shape index (κ3) is 2.82. The van der Waals surface area contributed by atoms with Gasteiger partial charge in [-0.3, -0.25) is 4.79 Å². The van der Waals surface area contributed by atoms with E-state index >= 15 is 0 Å². The summed E-state index contributed by atoms with van der Waals surface area (Å²) in [6.45, 7) is 5.93. The monoisotopic (exact) mass is 206 g/mol. The zero-order chi connectivity index (χ0) is 11.4. The smallest absolute Gasteiger partial charge is 0.137 e. The van der Waals surface area contributed by atoms with Gasteiger partial charge in [-0.2, -0.15) is 0 Å². The number of hydrogen-bond acceptors (Lipinski definition) is 2. The van der Waals surface area contributed by atoms with Crippen molar-refractivity contribution in [1.82, 2.24) is 0 Å². The van der Waals surface area contributed by atoms with Crippen LogP contribution in [0, 0.1) is 13.8 Å². The summed E-state index contributed by atoms with van der Waals surface area (Å²) in [7, 11) is 1.65. The van der Waals surface area contributed by atoms with E-state index in [1.165, 1.54) is 5.56 Å². The third-order valence-electron chi connectivity index (χ3n) is 2.48. The van der Waals surface area contributed by atoms with Gasteiger partial charge in [-0.1, -0.05) is 24.6 Å². The van der Waals surface area contributed by atoms with Gasteiger partial charge in [0.25, 0.3) is 0 Å². The van der Waals surface area contributed by atoms with E-state index < -0.39 is 0 Å². The minimum absolute atomic E-state index is 0.248. The van der Waals surface area contributed by atoms with Gasteiger partial charge in [0.05, 0.1) is 7.11 Å². The van der Waals surface area contributed by atoms with Crippen LogP contribution in [-0.4, -0.2) is 12.9 Å². The van der Waals surface area contributed by atoms with E-state index in [0.717, 1.165) is 16.9 Å². The number of aryl methyl sites for hydroxylation is 2. The van der Waals surface area contributed by atoms with Gasteiger partial charge in [0.1, 0.15) is 11.5 Å². The molecule has 0 heterocycles. The molecule has 1 aromatic rings. The summed E-state index contributed by atoms with van der Waals surface area (Å²) in [5, 5.41) is 0. The maximum absolute atomic E-state index is 11.4. The third-order valence-corrected chi connectivity index (χ3v) is 2.48. The molecule has 15 heavy (non-hydrogen) atoms. The fraction of sp³-hybridized carbons (Fsp3) is 0.462. The first-order valence-electron chi connectivity index (χ1n) is 5.24. The Morgan fingerprint density at radius 3 is 2.53 bits per heavy atom. The Kier molecular flexibility index (Phi) is 3.89. The van der Waals surface area contributed by atoms with E-state index in [1.807, 2.05) is 26.8 Å². The van der Waals surface area contributed by atoms with Crippen LogP contribution in [0.1, 0.15) is 30.0 Å². The lowest BCUT2D eigenvalue weighted by atomic mass is 10.0. The molecule has 0 N–H and O–H groups in total. The number of ketones is 1. The van der Waals surface area contributed by atoms with E-state index in [0.29, 0.717) is 12.8 Å². The first kappa shape index (κ1) is 11.8. The van der Waals surface area contributed by atoms with Crippen molar-refractivity contribution < 1.29 is 9.53 Å². The maximum atomic E-state index is 11.4. The number of hydrogen-bond donors (Lipinski definition) is 0. The Balaban J connectivity index is 3.09. The number of carbonyl (C=O) groups is 1. The maximum Gasteiger partial charge on any atom is 0.137 e. The Morgan fingerprint density at radius 1 is 1.33 bits per heavy atom. The topological polar surface area (TPSA) is 26.3 Å². The summed E-state index contributed by atoms with van der Waals surface area (Å²) in [6.07, 6.45) is 1.05. The highest BCUT2D eigenvalue weighted by atomic mass is 16.5. The summed E-state index contributed by atoms with van der Waals surface area (Å²) in [4.78, 5) is 11.4. The number of ether oxygens (including phenoxy) is 1. The van der Waals surface area contributed by atoms with Crippen LogP contribution in [-0.2, 0) is 11.2 Å². The summed E-state index contributed by atoms with van der Waals surface area (Å²) in [6, 6.07) is 4.10. The number of Topliss-reactive ketones (excluding diaryl/α,β-unsaturated/α-hetero) is 1. The van der Waals surface area contributed by atoms with Crippen LogP contribution in [0.5, 0.6) is 5.75 Å². The lowest BCUT2D eigenvalue weighted by molar-refractivity contribution is -0.118. The molecule has 0 spiro atoms. The molecule has 0 aromatic heterocycles. The van der Waals surface area contributed by atoms with Crippen molar-refractivity contribution in [2.75, 3.05) is 7.11 Å². The van der Waals surface area contributed by atoms with E-state index in [2.05, 4.69) is 6.07 Å². The minimum Gasteiger partial charge on any atom is -0.496 e. The minimum atomic E-state index is 0.248. The van der Waals surface area contributed by atoms with Crippen LogP contribution in [0.4, 0.5) is 0 Å². The highest BCUT2D eigenvalue weighted by Gasteiger charge is 2.10. The molecule has 0 aliphatic heterocycles. The van der Waals surface area contributed by atoms with Gasteiger partial charge in [0, 0.05) is 18.4 Å². The molecule has 0 radical (unpaired) electrons. The van der Waals surface area contributed by atoms with Crippen molar-refractivity contribution in [2.45, 2.75) is 33.6 Å². The van der Waals surface area contributed by atoms with Gasteiger partial charge >= 0.3 is 0 Å². The van der Waals surface area contributed by atoms with Crippen LogP contribution >= 0.6 is 0 Å². The van der Waals surface area contributed by atoms with Crippen LogP contribution in [0.2, 0.25) is 0 Å². The van der Waals surface area contributed by atoms with Gasteiger partial charge in [-0.15, -0.1) is 0 Å². The molecule has 2 heteroatoms. The Labute approximate surface area is 91.3 Å². The molecule has 0 saturated heterocycles. The molecule has 0 atom stereocenters. The molecule has 2 nitrogen and oxygen atoms in total. The van der Waals surface area contributed by atoms with Crippen molar-refractivity contribution in [1.29, 1.82) is 0 Å². The van der Waals surface area contributed by atoms with Crippen molar-refractivity contribution in [3.8, 4) is 5.75 Å². The lowest BCUT2D eigenvalue weighted by Crippen LogP contribution is -2.04. The molecule has 82 valence electrons. The van der Waals surface area contributed by atoms with Crippen molar-refractivity contribution in [2.24, 2.45) is 0 Å². The lowest BCUT2D eigenvalue weighted by Gasteiger charge is -2.11. The zero-order valence-corrected chi connectivity index (χ0v) is 9.89. The number of rotatable bonds is 4. The second-order valence-electron chi connectivity index (χ2n) is 3.84. The largest absolute Gasteiger partial charge is 0.496 e. The summed E-state index contributed by atoms with van der Waals surface area (Å²) in [5.74, 6) is 1.10. The van der Waals surface area contributed by atoms with E-state index in [4.69, 9.17) is 4.74 Å². The van der Waals surface area contributed by atoms with Crippen LogP contribution in [0.15, 0.2) is 12.1 Å². The van der Waals surface area contributed by atoms with Gasteiger partial charge in [-0.05, 0) is 19.4 Å². The van der Waals surface area contributed by atoms with Gasteiger partial charge in [0.15, 0.2) is 0 Å². The predicted octanol–water partition coefficient (Wildman–Crippen LogP) is 2.83. The van der Waals surface area contributed by atoms with E-state index in [1.54, 1.807) is 7.11 Å². The standard InChI is InChI=1S/C13H18O2/c1-5-12(14)8-11-7-9(2)6-10(3)13(11)15-4/h6-7H,5,8H2,1-4H3. The van der Waals surface area contributed by atoms with Crippen molar-refractivity contribution >= 4 is 5.78 Å². The molecule has 0 aliphatic carbocycles. The van der Waals surface area contributed by atoms with Crippen molar-refractivity contribution in [3.63, 3.8) is 0 Å². The van der Waals surface area contributed by atoms with E-state index in [-0.39, 0.29) is 5.78 Å². The quantitative estimate of drug-likeness (QED) is 0.757. The molecule has 0 fully saturated rings. The second-order valence-corrected chi connectivity index (χ2v) is 3.84. The van der Waals surface area contributed by atoms with Crippen LogP contribution < -0.4 is 4.74 Å². The molecule has 0 saturated carbocycles. The molecule has 0 amide bonds. The fourth-order valence-corrected chi connectivity index (χ4v) is 1.80. The molecule has 0 bridgehead atoms. The van der Waals surface area contributed by atoms with Gasteiger partial charge in [0.2, 0.25) is 0 Å². The Morgan fingerprint density at radius 2 is 2.00 bits per heavy atom. The summed E-state index contributed by atoms with van der Waals surface area (Å²) >= 11 is 0. The van der Waals surface area contributed by atoms with E-state index in [9.17, 15) is 4.79 Å². The zero-order valence-electron chi connectivity index (χ0n) is 9.89. The number of carbonyl (C=O) groups excluding carboxylic acids is 1. The Bertz CT molecular complexity index is 367. The second kappa shape index (κ2) is 4.96. The summed E-state index contributed by atoms with van der Waals surface area (Å²) in [5.41, 5.74) is 3.27. The van der Waals surface area contributed by atoms with Gasteiger partial charge in [-0.25, -0.2) is 0 Å².